The smallest absolute Gasteiger partial charge is 0.325 e. The van der Waals surface area contributed by atoms with E-state index in [0.29, 0.717) is 13.0 Å². The molecule has 4 nitrogen and oxygen atoms in total. The number of likely N-dealkylation sites (N-methyl/N-ethyl adjacent to an activating group) is 1. The maximum Gasteiger partial charge on any atom is 0.325 e. The molecule has 0 unspecified atom stereocenters. The summed E-state index contributed by atoms with van der Waals surface area (Å²) in [4.78, 5) is 24.7. The SMILES string of the molecule is CCCCCCCCC=CCCCCCCCC(=O)N(C)CC(=O)OCC. The summed E-state index contributed by atoms with van der Waals surface area (Å²) >= 11 is 0. The van der Waals surface area contributed by atoms with E-state index in [2.05, 4.69) is 19.1 Å². The molecule has 0 aliphatic heterocycles. The van der Waals surface area contributed by atoms with Crippen LogP contribution >= 0.6 is 0 Å². The van der Waals surface area contributed by atoms with Crippen molar-refractivity contribution < 1.29 is 14.3 Å². The first-order valence-corrected chi connectivity index (χ1v) is 11.2. The molecule has 0 rings (SSSR count). The third kappa shape index (κ3) is 17.8. The second kappa shape index (κ2) is 19.4. The maximum absolute atomic E-state index is 11.9. The van der Waals surface area contributed by atoms with Crippen LogP contribution in [0.3, 0.4) is 0 Å². The molecule has 0 bridgehead atoms. The van der Waals surface area contributed by atoms with Gasteiger partial charge in [0.1, 0.15) is 6.54 Å². The predicted molar refractivity (Wildman–Crippen MR) is 114 cm³/mol. The molecular weight excluding hydrogens is 338 g/mol. The van der Waals surface area contributed by atoms with Gasteiger partial charge in [-0.15, -0.1) is 0 Å². The molecule has 0 aromatic heterocycles. The molecule has 1 amide bonds. The van der Waals surface area contributed by atoms with Crippen molar-refractivity contribution in [1.82, 2.24) is 4.90 Å². The van der Waals surface area contributed by atoms with E-state index < -0.39 is 0 Å². The van der Waals surface area contributed by atoms with Gasteiger partial charge in [-0.05, 0) is 39.0 Å². The number of allylic oxidation sites excluding steroid dienone is 2. The fraction of sp³-hybridized carbons (Fsp3) is 0.826. The Hall–Kier alpha value is -1.32. The number of carbonyl (C=O) groups excluding carboxylic acids is 2. The summed E-state index contributed by atoms with van der Waals surface area (Å²) in [7, 11) is 1.66. The Balaban J connectivity index is 3.40. The van der Waals surface area contributed by atoms with E-state index in [0.717, 1.165) is 12.8 Å². The van der Waals surface area contributed by atoms with Crippen LogP contribution in [0.1, 0.15) is 104 Å². The van der Waals surface area contributed by atoms with Crippen LogP contribution in [0.15, 0.2) is 12.2 Å². The van der Waals surface area contributed by atoms with Crippen LogP contribution in [0, 0.1) is 0 Å². The van der Waals surface area contributed by atoms with Crippen LogP contribution in [0.25, 0.3) is 0 Å². The highest BCUT2D eigenvalue weighted by Crippen LogP contribution is 2.10. The van der Waals surface area contributed by atoms with Crippen molar-refractivity contribution in [3.63, 3.8) is 0 Å². The zero-order valence-corrected chi connectivity index (χ0v) is 18.1. The second-order valence-electron chi connectivity index (χ2n) is 7.39. The molecule has 0 aliphatic carbocycles. The Labute approximate surface area is 167 Å². The molecule has 27 heavy (non-hydrogen) atoms. The average Bonchev–Trinajstić information content (AvgIpc) is 2.64. The van der Waals surface area contributed by atoms with Crippen LogP contribution in [0.5, 0.6) is 0 Å². The standard InChI is InChI=1S/C23H43NO3/c1-4-6-7-8-9-10-11-12-13-14-15-16-17-18-19-20-22(25)24(3)21-23(26)27-5-2/h12-13H,4-11,14-21H2,1-3H3. The molecule has 0 aliphatic rings. The summed E-state index contributed by atoms with van der Waals surface area (Å²) in [6, 6.07) is 0. The number of unbranched alkanes of at least 4 members (excludes halogenated alkanes) is 11. The van der Waals surface area contributed by atoms with Crippen LogP contribution in [0.4, 0.5) is 0 Å². The molecule has 0 aromatic carbocycles. The van der Waals surface area contributed by atoms with Gasteiger partial charge in [0.25, 0.3) is 0 Å². The van der Waals surface area contributed by atoms with Gasteiger partial charge in [-0.3, -0.25) is 9.59 Å². The fourth-order valence-electron chi connectivity index (χ4n) is 3.03. The van der Waals surface area contributed by atoms with Gasteiger partial charge in [0.05, 0.1) is 6.61 Å². The molecule has 0 aromatic rings. The van der Waals surface area contributed by atoms with Gasteiger partial charge in [0.15, 0.2) is 0 Å². The predicted octanol–water partition coefficient (Wildman–Crippen LogP) is 6.05. The summed E-state index contributed by atoms with van der Waals surface area (Å²) in [5.41, 5.74) is 0. The summed E-state index contributed by atoms with van der Waals surface area (Å²) in [5, 5.41) is 0. The van der Waals surface area contributed by atoms with Gasteiger partial charge in [0.2, 0.25) is 5.91 Å². The number of rotatable bonds is 18. The highest BCUT2D eigenvalue weighted by Gasteiger charge is 2.12. The molecule has 0 atom stereocenters. The minimum atomic E-state index is -0.335. The second-order valence-corrected chi connectivity index (χ2v) is 7.39. The molecule has 158 valence electrons. The fourth-order valence-corrected chi connectivity index (χ4v) is 3.03. The van der Waals surface area contributed by atoms with Crippen molar-refractivity contribution in [3.05, 3.63) is 12.2 Å². The van der Waals surface area contributed by atoms with Crippen LogP contribution in [-0.2, 0) is 14.3 Å². The third-order valence-corrected chi connectivity index (χ3v) is 4.75. The summed E-state index contributed by atoms with van der Waals surface area (Å²) in [6.45, 7) is 4.44. The topological polar surface area (TPSA) is 46.6 Å². The first kappa shape index (κ1) is 25.7. The van der Waals surface area contributed by atoms with Crippen molar-refractivity contribution in [2.75, 3.05) is 20.2 Å². The van der Waals surface area contributed by atoms with Crippen LogP contribution in [0.2, 0.25) is 0 Å². The van der Waals surface area contributed by atoms with Crippen molar-refractivity contribution in [2.24, 2.45) is 0 Å². The summed E-state index contributed by atoms with van der Waals surface area (Å²) < 4.78 is 4.86. The van der Waals surface area contributed by atoms with Crippen LogP contribution in [-0.4, -0.2) is 37.0 Å². The van der Waals surface area contributed by atoms with Crippen LogP contribution < -0.4 is 0 Å². The zero-order valence-electron chi connectivity index (χ0n) is 18.1. The number of ether oxygens (including phenoxy) is 1. The largest absolute Gasteiger partial charge is 0.465 e. The van der Waals surface area contributed by atoms with E-state index in [9.17, 15) is 9.59 Å². The number of esters is 1. The zero-order chi connectivity index (χ0) is 20.2. The Morgan fingerprint density at radius 1 is 0.778 bits per heavy atom. The Kier molecular flexibility index (Phi) is 18.5. The lowest BCUT2D eigenvalue weighted by Crippen LogP contribution is -2.32. The Morgan fingerprint density at radius 3 is 1.85 bits per heavy atom. The molecular formula is C23H43NO3. The maximum atomic E-state index is 11.9. The lowest BCUT2D eigenvalue weighted by atomic mass is 10.1. The van der Waals surface area contributed by atoms with Gasteiger partial charge >= 0.3 is 5.97 Å². The minimum Gasteiger partial charge on any atom is -0.465 e. The van der Waals surface area contributed by atoms with Gasteiger partial charge < -0.3 is 9.64 Å². The van der Waals surface area contributed by atoms with Crippen molar-refractivity contribution >= 4 is 11.9 Å². The van der Waals surface area contributed by atoms with E-state index >= 15 is 0 Å². The number of hydrogen-bond donors (Lipinski definition) is 0. The monoisotopic (exact) mass is 381 g/mol. The molecule has 0 N–H and O–H groups in total. The average molecular weight is 382 g/mol. The number of hydrogen-bond acceptors (Lipinski definition) is 3. The van der Waals surface area contributed by atoms with E-state index in [1.54, 1.807) is 14.0 Å². The summed E-state index contributed by atoms with van der Waals surface area (Å²) in [6.07, 6.45) is 21.4. The minimum absolute atomic E-state index is 0.0284. The molecule has 0 saturated heterocycles. The van der Waals surface area contributed by atoms with Gasteiger partial charge in [-0.2, -0.15) is 0 Å². The molecule has 0 saturated carbocycles. The highest BCUT2D eigenvalue weighted by molar-refractivity contribution is 5.81. The van der Waals surface area contributed by atoms with Gasteiger partial charge in [-0.1, -0.05) is 70.4 Å². The molecule has 0 fully saturated rings. The van der Waals surface area contributed by atoms with E-state index in [1.807, 2.05) is 0 Å². The van der Waals surface area contributed by atoms with Gasteiger partial charge in [-0.25, -0.2) is 0 Å². The van der Waals surface area contributed by atoms with Crippen molar-refractivity contribution in [3.8, 4) is 0 Å². The lowest BCUT2D eigenvalue weighted by molar-refractivity contribution is -0.148. The first-order valence-electron chi connectivity index (χ1n) is 11.2. The van der Waals surface area contributed by atoms with E-state index in [-0.39, 0.29) is 18.4 Å². The first-order chi connectivity index (χ1) is 13.1. The number of nitrogens with zero attached hydrogens (tertiary/aromatic N) is 1. The molecule has 0 spiro atoms. The quantitative estimate of drug-likeness (QED) is 0.165. The molecule has 0 radical (unpaired) electrons. The van der Waals surface area contributed by atoms with Gasteiger partial charge in [0, 0.05) is 13.5 Å². The normalized spacial score (nSPS) is 11.1. The van der Waals surface area contributed by atoms with E-state index in [4.69, 9.17) is 4.74 Å². The highest BCUT2D eigenvalue weighted by atomic mass is 16.5. The Bertz CT molecular complexity index is 393. The lowest BCUT2D eigenvalue weighted by Gasteiger charge is -2.15. The molecule has 0 heterocycles. The Morgan fingerprint density at radius 2 is 1.30 bits per heavy atom. The molecule has 4 heteroatoms. The third-order valence-electron chi connectivity index (χ3n) is 4.75. The van der Waals surface area contributed by atoms with Crippen molar-refractivity contribution in [2.45, 2.75) is 104 Å². The number of carbonyl (C=O) groups is 2. The van der Waals surface area contributed by atoms with E-state index in [1.165, 1.54) is 75.5 Å². The number of amides is 1. The summed E-state index contributed by atoms with van der Waals surface area (Å²) in [5.74, 6) is -0.307. The van der Waals surface area contributed by atoms with Crippen molar-refractivity contribution in [1.29, 1.82) is 0 Å².